The minimum Gasteiger partial charge on any atom is -0.480 e. The summed E-state index contributed by atoms with van der Waals surface area (Å²) in [6, 6.07) is -1.35. The fraction of sp³-hybridized carbons (Fsp3) is 0.833. The standard InChI is InChI=1S/C12H22N2O4/c1-4-5-12(2,3)13-11(18)14-7-8(15)6-9(14)10(16)17/h8-9,15H,4-7H2,1-3H3,(H,13,18)(H,16,17)/t8-,9-/m1/s1. The van der Waals surface area contributed by atoms with Gasteiger partial charge in [0.1, 0.15) is 6.04 Å². The van der Waals surface area contributed by atoms with Crippen LogP contribution in [0, 0.1) is 0 Å². The third-order valence-corrected chi connectivity index (χ3v) is 3.15. The van der Waals surface area contributed by atoms with E-state index in [0.717, 1.165) is 12.8 Å². The molecule has 0 aliphatic carbocycles. The Kier molecular flexibility index (Phi) is 4.56. The van der Waals surface area contributed by atoms with Crippen molar-refractivity contribution < 1.29 is 19.8 Å². The predicted octanol–water partition coefficient (Wildman–Crippen LogP) is 0.794. The molecule has 0 spiro atoms. The third-order valence-electron chi connectivity index (χ3n) is 3.15. The van der Waals surface area contributed by atoms with E-state index in [9.17, 15) is 14.7 Å². The summed E-state index contributed by atoms with van der Waals surface area (Å²) in [5.41, 5.74) is -0.373. The second-order valence-corrected chi connectivity index (χ2v) is 5.46. The summed E-state index contributed by atoms with van der Waals surface area (Å²) >= 11 is 0. The van der Waals surface area contributed by atoms with Crippen molar-refractivity contribution in [1.29, 1.82) is 0 Å². The number of aliphatic carboxylic acids is 1. The number of aliphatic hydroxyl groups excluding tert-OH is 1. The number of carbonyl (C=O) groups excluding carboxylic acids is 1. The molecular formula is C12H22N2O4. The first kappa shape index (κ1) is 14.8. The van der Waals surface area contributed by atoms with Gasteiger partial charge in [0.2, 0.25) is 0 Å². The number of β-amino-alcohol motifs (C(OH)–C–C–N with tert-alkyl or cyclic N) is 1. The first-order valence-electron chi connectivity index (χ1n) is 6.26. The van der Waals surface area contributed by atoms with Gasteiger partial charge in [0, 0.05) is 18.5 Å². The molecule has 0 radical (unpaired) electrons. The Morgan fingerprint density at radius 2 is 2.06 bits per heavy atom. The van der Waals surface area contributed by atoms with E-state index in [0.29, 0.717) is 0 Å². The van der Waals surface area contributed by atoms with Crippen LogP contribution in [-0.2, 0) is 4.79 Å². The molecule has 0 aromatic rings. The molecule has 2 atom stereocenters. The molecule has 3 N–H and O–H groups in total. The highest BCUT2D eigenvalue weighted by atomic mass is 16.4. The van der Waals surface area contributed by atoms with Gasteiger partial charge in [0.25, 0.3) is 0 Å². The predicted molar refractivity (Wildman–Crippen MR) is 66.3 cm³/mol. The quantitative estimate of drug-likeness (QED) is 0.695. The van der Waals surface area contributed by atoms with Crippen molar-refractivity contribution >= 4 is 12.0 Å². The first-order valence-corrected chi connectivity index (χ1v) is 6.26. The maximum Gasteiger partial charge on any atom is 0.326 e. The molecule has 6 heteroatoms. The molecule has 0 aromatic carbocycles. The minimum atomic E-state index is -1.07. The summed E-state index contributed by atoms with van der Waals surface area (Å²) in [7, 11) is 0. The third kappa shape index (κ3) is 3.60. The smallest absolute Gasteiger partial charge is 0.326 e. The first-order chi connectivity index (χ1) is 8.26. The van der Waals surface area contributed by atoms with Crippen molar-refractivity contribution in [3.05, 3.63) is 0 Å². The fourth-order valence-corrected chi connectivity index (χ4v) is 2.32. The summed E-state index contributed by atoms with van der Waals surface area (Å²) in [5.74, 6) is -1.07. The van der Waals surface area contributed by atoms with Gasteiger partial charge in [0.15, 0.2) is 0 Å². The zero-order valence-electron chi connectivity index (χ0n) is 11.1. The van der Waals surface area contributed by atoms with E-state index in [-0.39, 0.29) is 18.5 Å². The molecule has 1 aliphatic heterocycles. The number of amides is 2. The van der Waals surface area contributed by atoms with Gasteiger partial charge < -0.3 is 20.4 Å². The van der Waals surface area contributed by atoms with E-state index in [2.05, 4.69) is 5.32 Å². The number of carboxylic acids is 1. The van der Waals surface area contributed by atoms with Crippen LogP contribution in [0.3, 0.4) is 0 Å². The van der Waals surface area contributed by atoms with Crippen molar-refractivity contribution in [2.45, 2.75) is 57.7 Å². The van der Waals surface area contributed by atoms with Gasteiger partial charge in [-0.05, 0) is 20.3 Å². The summed E-state index contributed by atoms with van der Waals surface area (Å²) in [4.78, 5) is 24.3. The van der Waals surface area contributed by atoms with Crippen molar-refractivity contribution in [2.24, 2.45) is 0 Å². The average Bonchev–Trinajstić information content (AvgIpc) is 2.59. The Morgan fingerprint density at radius 3 is 2.56 bits per heavy atom. The van der Waals surface area contributed by atoms with Gasteiger partial charge in [-0.25, -0.2) is 9.59 Å². The maximum absolute atomic E-state index is 12.0. The van der Waals surface area contributed by atoms with Gasteiger partial charge in [0.05, 0.1) is 6.10 Å². The number of rotatable bonds is 4. The molecule has 2 amide bonds. The molecule has 0 aromatic heterocycles. The molecule has 1 fully saturated rings. The Hall–Kier alpha value is -1.30. The number of likely N-dealkylation sites (tertiary alicyclic amines) is 1. The number of carboxylic acid groups (broad SMARTS) is 1. The van der Waals surface area contributed by atoms with Crippen LogP contribution in [-0.4, -0.2) is 51.3 Å². The van der Waals surface area contributed by atoms with Crippen LogP contribution in [0.2, 0.25) is 0 Å². The SMILES string of the molecule is CCCC(C)(C)NC(=O)N1C[C@H](O)C[C@@H]1C(=O)O. The second kappa shape index (κ2) is 5.56. The maximum atomic E-state index is 12.0. The fourth-order valence-electron chi connectivity index (χ4n) is 2.32. The molecule has 0 unspecified atom stereocenters. The molecule has 6 nitrogen and oxygen atoms in total. The highest BCUT2D eigenvalue weighted by Gasteiger charge is 2.40. The zero-order chi connectivity index (χ0) is 13.9. The van der Waals surface area contributed by atoms with E-state index in [1.165, 1.54) is 4.90 Å². The Balaban J connectivity index is 2.68. The minimum absolute atomic E-state index is 0.0744. The molecular weight excluding hydrogens is 236 g/mol. The van der Waals surface area contributed by atoms with Crippen molar-refractivity contribution in [3.8, 4) is 0 Å². The largest absolute Gasteiger partial charge is 0.480 e. The number of nitrogens with one attached hydrogen (secondary N) is 1. The molecule has 104 valence electrons. The Labute approximate surface area is 107 Å². The summed E-state index contributed by atoms with van der Waals surface area (Å²) < 4.78 is 0. The van der Waals surface area contributed by atoms with E-state index in [1.54, 1.807) is 0 Å². The molecule has 0 bridgehead atoms. The topological polar surface area (TPSA) is 89.9 Å². The average molecular weight is 258 g/mol. The zero-order valence-corrected chi connectivity index (χ0v) is 11.1. The van der Waals surface area contributed by atoms with Crippen molar-refractivity contribution in [2.75, 3.05) is 6.54 Å². The number of urea groups is 1. The lowest BCUT2D eigenvalue weighted by atomic mass is 9.99. The number of hydrogen-bond donors (Lipinski definition) is 3. The highest BCUT2D eigenvalue weighted by molar-refractivity contribution is 5.83. The monoisotopic (exact) mass is 258 g/mol. The van der Waals surface area contributed by atoms with Gasteiger partial charge in [-0.1, -0.05) is 13.3 Å². The summed E-state index contributed by atoms with van der Waals surface area (Å²) in [6.45, 7) is 5.89. The number of aliphatic hydroxyl groups is 1. The summed E-state index contributed by atoms with van der Waals surface area (Å²) in [6.07, 6.45) is 1.08. The Morgan fingerprint density at radius 1 is 1.44 bits per heavy atom. The normalized spacial score (nSPS) is 24.1. The van der Waals surface area contributed by atoms with Gasteiger partial charge in [-0.3, -0.25) is 0 Å². The van der Waals surface area contributed by atoms with Gasteiger partial charge in [-0.15, -0.1) is 0 Å². The highest BCUT2D eigenvalue weighted by Crippen LogP contribution is 2.20. The van der Waals surface area contributed by atoms with Crippen LogP contribution < -0.4 is 5.32 Å². The van der Waals surface area contributed by atoms with Crippen LogP contribution in [0.1, 0.15) is 40.0 Å². The van der Waals surface area contributed by atoms with Crippen LogP contribution in [0.25, 0.3) is 0 Å². The number of hydrogen-bond acceptors (Lipinski definition) is 3. The van der Waals surface area contributed by atoms with Crippen LogP contribution in [0.5, 0.6) is 0 Å². The molecule has 18 heavy (non-hydrogen) atoms. The molecule has 1 rings (SSSR count). The van der Waals surface area contributed by atoms with E-state index in [4.69, 9.17) is 5.11 Å². The van der Waals surface area contributed by atoms with E-state index in [1.807, 2.05) is 20.8 Å². The molecule has 1 heterocycles. The lowest BCUT2D eigenvalue weighted by Gasteiger charge is -2.30. The van der Waals surface area contributed by atoms with E-state index < -0.39 is 24.1 Å². The molecule has 0 saturated carbocycles. The van der Waals surface area contributed by atoms with Crippen molar-refractivity contribution in [1.82, 2.24) is 10.2 Å². The lowest BCUT2D eigenvalue weighted by molar-refractivity contribution is -0.141. The van der Waals surface area contributed by atoms with E-state index >= 15 is 0 Å². The van der Waals surface area contributed by atoms with Crippen LogP contribution in [0.4, 0.5) is 4.79 Å². The number of carbonyl (C=O) groups is 2. The summed E-state index contributed by atoms with van der Waals surface area (Å²) in [5, 5.41) is 21.3. The molecule has 1 saturated heterocycles. The molecule has 1 aliphatic rings. The van der Waals surface area contributed by atoms with Gasteiger partial charge >= 0.3 is 12.0 Å². The number of nitrogens with zero attached hydrogens (tertiary/aromatic N) is 1. The van der Waals surface area contributed by atoms with Crippen LogP contribution in [0.15, 0.2) is 0 Å². The van der Waals surface area contributed by atoms with Crippen molar-refractivity contribution in [3.63, 3.8) is 0 Å². The van der Waals surface area contributed by atoms with Gasteiger partial charge in [-0.2, -0.15) is 0 Å². The van der Waals surface area contributed by atoms with Crippen LogP contribution >= 0.6 is 0 Å². The lowest BCUT2D eigenvalue weighted by Crippen LogP contribution is -2.53. The Bertz CT molecular complexity index is 330. The second-order valence-electron chi connectivity index (χ2n) is 5.46.